The summed E-state index contributed by atoms with van der Waals surface area (Å²) in [6, 6.07) is 7.48. The molecule has 1 aromatic rings. The number of carbonyl (C=O) groups excluding carboxylic acids is 1. The van der Waals surface area contributed by atoms with Gasteiger partial charge in [0.25, 0.3) is 0 Å². The molecule has 0 aromatic heterocycles. The van der Waals surface area contributed by atoms with Gasteiger partial charge in [0.1, 0.15) is 0 Å². The summed E-state index contributed by atoms with van der Waals surface area (Å²) < 4.78 is 5.73. The summed E-state index contributed by atoms with van der Waals surface area (Å²) in [5.74, 6) is 0. The Labute approximate surface area is 124 Å². The van der Waals surface area contributed by atoms with Gasteiger partial charge in [-0.1, -0.05) is 12.1 Å². The highest BCUT2D eigenvalue weighted by atomic mass is 16.5. The Morgan fingerprint density at radius 1 is 1.38 bits per heavy atom. The number of anilines is 1. The first-order valence-electron chi connectivity index (χ1n) is 7.62. The molecular weight excluding hydrogens is 268 g/mol. The van der Waals surface area contributed by atoms with Crippen molar-refractivity contribution < 1.29 is 14.6 Å². The zero-order valence-electron chi connectivity index (χ0n) is 12.3. The number of hydrogen-bond acceptors (Lipinski definition) is 3. The van der Waals surface area contributed by atoms with E-state index in [9.17, 15) is 9.90 Å². The summed E-state index contributed by atoms with van der Waals surface area (Å²) in [7, 11) is 0. The predicted octanol–water partition coefficient (Wildman–Crippen LogP) is 2.53. The molecule has 3 unspecified atom stereocenters. The number of amides is 2. The number of aliphatic hydroxyl groups is 1. The number of carbonyl (C=O) groups is 1. The number of ether oxygens (including phenoxy) is 1. The van der Waals surface area contributed by atoms with Crippen molar-refractivity contribution in [1.29, 1.82) is 0 Å². The Bertz CT molecular complexity index is 501. The molecule has 1 aliphatic heterocycles. The van der Waals surface area contributed by atoms with Gasteiger partial charge in [-0.05, 0) is 43.9 Å². The third-order valence-electron chi connectivity index (χ3n) is 4.39. The van der Waals surface area contributed by atoms with Crippen LogP contribution >= 0.6 is 0 Å². The fourth-order valence-electron chi connectivity index (χ4n) is 3.22. The van der Waals surface area contributed by atoms with Crippen LogP contribution in [0.1, 0.15) is 37.9 Å². The molecule has 0 bridgehead atoms. The molecule has 3 atom stereocenters. The van der Waals surface area contributed by atoms with Gasteiger partial charge in [-0.15, -0.1) is 0 Å². The van der Waals surface area contributed by atoms with Crippen LogP contribution in [0.4, 0.5) is 10.5 Å². The van der Waals surface area contributed by atoms with E-state index in [0.29, 0.717) is 13.2 Å². The predicted molar refractivity (Wildman–Crippen MR) is 80.2 cm³/mol. The highest BCUT2D eigenvalue weighted by Crippen LogP contribution is 2.30. The van der Waals surface area contributed by atoms with Crippen LogP contribution in [0.2, 0.25) is 0 Å². The third-order valence-corrected chi connectivity index (χ3v) is 4.39. The number of fused-ring (bicyclic) bond motifs is 1. The van der Waals surface area contributed by atoms with E-state index in [1.807, 2.05) is 29.2 Å². The van der Waals surface area contributed by atoms with Gasteiger partial charge >= 0.3 is 6.03 Å². The van der Waals surface area contributed by atoms with Crippen LogP contribution in [0.5, 0.6) is 0 Å². The molecule has 0 radical (unpaired) electrons. The first-order chi connectivity index (χ1) is 10.1. The zero-order valence-corrected chi connectivity index (χ0v) is 12.3. The Kier molecular flexibility index (Phi) is 4.12. The van der Waals surface area contributed by atoms with Crippen molar-refractivity contribution >= 4 is 11.7 Å². The van der Waals surface area contributed by atoms with Crippen LogP contribution in [0, 0.1) is 0 Å². The Balaban J connectivity index is 1.65. The summed E-state index contributed by atoms with van der Waals surface area (Å²) in [5, 5.41) is 12.4. The van der Waals surface area contributed by atoms with Crippen LogP contribution in [-0.2, 0) is 4.74 Å². The SMILES string of the molecule is CC(O)c1ccc(NC(=O)N2CCOC3CCCC32)cc1. The van der Waals surface area contributed by atoms with Crippen LogP contribution < -0.4 is 5.32 Å². The zero-order chi connectivity index (χ0) is 14.8. The molecule has 2 N–H and O–H groups in total. The van der Waals surface area contributed by atoms with Gasteiger partial charge in [0, 0.05) is 12.2 Å². The standard InChI is InChI=1S/C16H22N2O3/c1-11(19)12-5-7-13(8-6-12)17-16(20)18-9-10-21-15-4-2-3-14(15)18/h5-8,11,14-15,19H,2-4,9-10H2,1H3,(H,17,20). The van der Waals surface area contributed by atoms with Gasteiger partial charge in [-0.25, -0.2) is 4.79 Å². The van der Waals surface area contributed by atoms with E-state index in [1.54, 1.807) is 6.92 Å². The monoisotopic (exact) mass is 290 g/mol. The quantitative estimate of drug-likeness (QED) is 0.880. The van der Waals surface area contributed by atoms with Gasteiger partial charge in [-0.3, -0.25) is 0 Å². The molecule has 114 valence electrons. The summed E-state index contributed by atoms with van der Waals surface area (Å²) in [6.07, 6.45) is 2.93. The minimum absolute atomic E-state index is 0.0556. The molecule has 5 heteroatoms. The van der Waals surface area contributed by atoms with Crippen LogP contribution in [0.15, 0.2) is 24.3 Å². The molecule has 1 heterocycles. The van der Waals surface area contributed by atoms with Gasteiger partial charge in [0.2, 0.25) is 0 Å². The molecule has 5 nitrogen and oxygen atoms in total. The molecule has 3 rings (SSSR count). The second-order valence-electron chi connectivity index (χ2n) is 5.83. The van der Waals surface area contributed by atoms with Crippen molar-refractivity contribution in [1.82, 2.24) is 4.90 Å². The first-order valence-corrected chi connectivity index (χ1v) is 7.62. The molecule has 2 aliphatic rings. The second kappa shape index (κ2) is 6.03. The lowest BCUT2D eigenvalue weighted by Gasteiger charge is -2.37. The lowest BCUT2D eigenvalue weighted by atomic mass is 10.1. The van der Waals surface area contributed by atoms with Crippen molar-refractivity contribution in [3.8, 4) is 0 Å². The number of hydrogen-bond donors (Lipinski definition) is 2. The summed E-state index contributed by atoms with van der Waals surface area (Å²) >= 11 is 0. The maximum absolute atomic E-state index is 12.4. The summed E-state index contributed by atoms with van der Waals surface area (Å²) in [4.78, 5) is 14.3. The van der Waals surface area contributed by atoms with Gasteiger partial charge in [-0.2, -0.15) is 0 Å². The summed E-state index contributed by atoms with van der Waals surface area (Å²) in [6.45, 7) is 3.00. The molecular formula is C16H22N2O3. The number of benzene rings is 1. The van der Waals surface area contributed by atoms with E-state index < -0.39 is 6.10 Å². The average Bonchev–Trinajstić information content (AvgIpc) is 2.96. The van der Waals surface area contributed by atoms with E-state index in [0.717, 1.165) is 30.5 Å². The largest absolute Gasteiger partial charge is 0.389 e. The minimum atomic E-state index is -0.492. The molecule has 1 aromatic carbocycles. The molecule has 1 aliphatic carbocycles. The highest BCUT2D eigenvalue weighted by Gasteiger charge is 2.38. The first kappa shape index (κ1) is 14.4. The number of aliphatic hydroxyl groups excluding tert-OH is 1. The van der Waals surface area contributed by atoms with E-state index in [4.69, 9.17) is 4.74 Å². The van der Waals surface area contributed by atoms with Crippen LogP contribution in [0.3, 0.4) is 0 Å². The van der Waals surface area contributed by atoms with E-state index in [-0.39, 0.29) is 18.2 Å². The normalized spacial score (nSPS) is 26.3. The fraction of sp³-hybridized carbons (Fsp3) is 0.562. The molecule has 2 amide bonds. The Morgan fingerprint density at radius 3 is 2.86 bits per heavy atom. The van der Waals surface area contributed by atoms with E-state index >= 15 is 0 Å². The topological polar surface area (TPSA) is 61.8 Å². The van der Waals surface area contributed by atoms with Crippen LogP contribution in [-0.4, -0.2) is 41.3 Å². The number of rotatable bonds is 2. The number of morpholine rings is 1. The second-order valence-corrected chi connectivity index (χ2v) is 5.83. The van der Waals surface area contributed by atoms with Crippen molar-refractivity contribution in [2.24, 2.45) is 0 Å². The number of nitrogens with zero attached hydrogens (tertiary/aromatic N) is 1. The lowest BCUT2D eigenvalue weighted by molar-refractivity contribution is -0.0362. The van der Waals surface area contributed by atoms with Gasteiger partial charge in [0.15, 0.2) is 0 Å². The molecule has 1 saturated heterocycles. The molecule has 2 fully saturated rings. The summed E-state index contributed by atoms with van der Waals surface area (Å²) in [5.41, 5.74) is 1.60. The highest BCUT2D eigenvalue weighted by molar-refractivity contribution is 5.89. The maximum Gasteiger partial charge on any atom is 0.322 e. The Hall–Kier alpha value is -1.59. The minimum Gasteiger partial charge on any atom is -0.389 e. The fourth-order valence-corrected chi connectivity index (χ4v) is 3.22. The van der Waals surface area contributed by atoms with E-state index in [2.05, 4.69) is 5.32 Å². The van der Waals surface area contributed by atoms with Gasteiger partial charge < -0.3 is 20.1 Å². The van der Waals surface area contributed by atoms with E-state index in [1.165, 1.54) is 0 Å². The molecule has 0 spiro atoms. The van der Waals surface area contributed by atoms with Crippen molar-refractivity contribution in [3.63, 3.8) is 0 Å². The molecule has 1 saturated carbocycles. The lowest BCUT2D eigenvalue weighted by Crippen LogP contribution is -2.52. The number of urea groups is 1. The van der Waals surface area contributed by atoms with Crippen molar-refractivity contribution in [3.05, 3.63) is 29.8 Å². The van der Waals surface area contributed by atoms with Crippen molar-refractivity contribution in [2.45, 2.75) is 44.4 Å². The third kappa shape index (κ3) is 3.04. The smallest absolute Gasteiger partial charge is 0.322 e. The molecule has 21 heavy (non-hydrogen) atoms. The van der Waals surface area contributed by atoms with Gasteiger partial charge in [0.05, 0.1) is 24.9 Å². The van der Waals surface area contributed by atoms with Crippen molar-refractivity contribution in [2.75, 3.05) is 18.5 Å². The average molecular weight is 290 g/mol. The Morgan fingerprint density at radius 2 is 2.14 bits per heavy atom. The number of nitrogens with one attached hydrogen (secondary N) is 1. The maximum atomic E-state index is 12.4. The van der Waals surface area contributed by atoms with Crippen LogP contribution in [0.25, 0.3) is 0 Å².